The van der Waals surface area contributed by atoms with Gasteiger partial charge in [-0.05, 0) is 50.9 Å². The second kappa shape index (κ2) is 8.00. The Kier molecular flexibility index (Phi) is 6.65. The molecule has 1 atom stereocenters. The van der Waals surface area contributed by atoms with Crippen molar-refractivity contribution >= 4 is 5.97 Å². The van der Waals surface area contributed by atoms with Crippen molar-refractivity contribution in [3.05, 3.63) is 35.6 Å². The molecule has 1 aromatic carbocycles. The summed E-state index contributed by atoms with van der Waals surface area (Å²) >= 11 is 0. The predicted octanol–water partition coefficient (Wildman–Crippen LogP) is 3.85. The van der Waals surface area contributed by atoms with E-state index < -0.39 is 5.97 Å². The second-order valence-electron chi connectivity index (χ2n) is 5.30. The van der Waals surface area contributed by atoms with Crippen molar-refractivity contribution in [1.82, 2.24) is 4.90 Å². The van der Waals surface area contributed by atoms with E-state index in [0.29, 0.717) is 12.5 Å². The molecule has 0 aliphatic rings. The minimum atomic E-state index is -0.761. The van der Waals surface area contributed by atoms with E-state index in [1.54, 1.807) is 0 Å². The quantitative estimate of drug-likeness (QED) is 0.786. The van der Waals surface area contributed by atoms with Crippen LogP contribution in [0.5, 0.6) is 0 Å². The minimum Gasteiger partial charge on any atom is -0.481 e. The van der Waals surface area contributed by atoms with Gasteiger partial charge in [-0.2, -0.15) is 0 Å². The van der Waals surface area contributed by atoms with Crippen LogP contribution < -0.4 is 0 Å². The highest BCUT2D eigenvalue weighted by Crippen LogP contribution is 2.26. The summed E-state index contributed by atoms with van der Waals surface area (Å²) in [6.07, 6.45) is 1.73. The van der Waals surface area contributed by atoms with Crippen LogP contribution in [-0.2, 0) is 4.79 Å². The Morgan fingerprint density at radius 2 is 1.90 bits per heavy atom. The molecule has 0 fully saturated rings. The van der Waals surface area contributed by atoms with Gasteiger partial charge in [-0.1, -0.05) is 19.1 Å². The summed E-state index contributed by atoms with van der Waals surface area (Å²) in [6.45, 7) is 7.04. The summed E-state index contributed by atoms with van der Waals surface area (Å²) in [5, 5.41) is 8.75. The maximum absolute atomic E-state index is 13.0. The lowest BCUT2D eigenvalue weighted by Gasteiger charge is -2.34. The Morgan fingerprint density at radius 3 is 2.35 bits per heavy atom. The van der Waals surface area contributed by atoms with Crippen LogP contribution in [0.1, 0.15) is 51.6 Å². The van der Waals surface area contributed by atoms with Gasteiger partial charge in [-0.25, -0.2) is 4.39 Å². The van der Waals surface area contributed by atoms with Gasteiger partial charge in [0.05, 0.1) is 0 Å². The van der Waals surface area contributed by atoms with Gasteiger partial charge in [-0.15, -0.1) is 0 Å². The third-order valence-corrected chi connectivity index (χ3v) is 3.51. The summed E-state index contributed by atoms with van der Waals surface area (Å²) < 4.78 is 13.0. The zero-order chi connectivity index (χ0) is 15.1. The molecule has 3 nitrogen and oxygen atoms in total. The highest BCUT2D eigenvalue weighted by molar-refractivity contribution is 5.66. The number of hydrogen-bond donors (Lipinski definition) is 1. The number of carbonyl (C=O) groups is 1. The van der Waals surface area contributed by atoms with Crippen LogP contribution in [0.3, 0.4) is 0 Å². The molecule has 20 heavy (non-hydrogen) atoms. The first-order valence-corrected chi connectivity index (χ1v) is 7.18. The van der Waals surface area contributed by atoms with Gasteiger partial charge in [0.2, 0.25) is 0 Å². The maximum Gasteiger partial charge on any atom is 0.303 e. The lowest BCUT2D eigenvalue weighted by Crippen LogP contribution is -2.35. The molecule has 0 amide bonds. The SMILES string of the molecule is CCC(c1ccc(F)cc1)N(CCCC(=O)O)C(C)C. The number of aliphatic carboxylic acids is 1. The van der Waals surface area contributed by atoms with E-state index in [1.807, 2.05) is 12.1 Å². The number of nitrogens with zero attached hydrogens (tertiary/aromatic N) is 1. The monoisotopic (exact) mass is 281 g/mol. The van der Waals surface area contributed by atoms with Gasteiger partial charge in [0.1, 0.15) is 5.82 Å². The van der Waals surface area contributed by atoms with Gasteiger partial charge in [0.25, 0.3) is 0 Å². The molecule has 0 spiro atoms. The molecule has 0 aliphatic heterocycles. The molecule has 0 heterocycles. The molecule has 1 aromatic rings. The summed E-state index contributed by atoms with van der Waals surface area (Å²) in [4.78, 5) is 12.9. The molecular weight excluding hydrogens is 257 g/mol. The van der Waals surface area contributed by atoms with E-state index in [1.165, 1.54) is 12.1 Å². The topological polar surface area (TPSA) is 40.5 Å². The van der Waals surface area contributed by atoms with Gasteiger partial charge >= 0.3 is 5.97 Å². The summed E-state index contributed by atoms with van der Waals surface area (Å²) in [6, 6.07) is 7.11. The molecule has 0 aromatic heterocycles. The zero-order valence-corrected chi connectivity index (χ0v) is 12.5. The molecule has 1 N–H and O–H groups in total. The van der Waals surface area contributed by atoms with Crippen molar-refractivity contribution in [2.75, 3.05) is 6.54 Å². The average Bonchev–Trinajstić information content (AvgIpc) is 2.39. The predicted molar refractivity (Wildman–Crippen MR) is 78.1 cm³/mol. The number of carboxylic acid groups (broad SMARTS) is 1. The smallest absolute Gasteiger partial charge is 0.303 e. The van der Waals surface area contributed by atoms with Crippen LogP contribution in [-0.4, -0.2) is 28.6 Å². The fourth-order valence-corrected chi connectivity index (χ4v) is 2.53. The Bertz CT molecular complexity index is 417. The fraction of sp³-hybridized carbons (Fsp3) is 0.562. The van der Waals surface area contributed by atoms with Crippen LogP contribution >= 0.6 is 0 Å². The third kappa shape index (κ3) is 4.93. The highest BCUT2D eigenvalue weighted by Gasteiger charge is 2.21. The van der Waals surface area contributed by atoms with E-state index in [0.717, 1.165) is 18.5 Å². The van der Waals surface area contributed by atoms with Crippen molar-refractivity contribution in [2.24, 2.45) is 0 Å². The van der Waals surface area contributed by atoms with Crippen LogP contribution in [0.4, 0.5) is 4.39 Å². The van der Waals surface area contributed by atoms with Crippen molar-refractivity contribution in [1.29, 1.82) is 0 Å². The molecular formula is C16H24FNO2. The second-order valence-corrected chi connectivity index (χ2v) is 5.30. The summed E-state index contributed by atoms with van der Waals surface area (Å²) in [5.74, 6) is -0.992. The Hall–Kier alpha value is -1.42. The Labute approximate surface area is 120 Å². The van der Waals surface area contributed by atoms with Gasteiger partial charge in [0, 0.05) is 18.5 Å². The molecule has 0 bridgehead atoms. The lowest BCUT2D eigenvalue weighted by molar-refractivity contribution is -0.137. The first kappa shape index (κ1) is 16.6. The molecule has 0 radical (unpaired) electrons. The van der Waals surface area contributed by atoms with Gasteiger partial charge < -0.3 is 5.11 Å². The van der Waals surface area contributed by atoms with Gasteiger partial charge in [-0.3, -0.25) is 9.69 Å². The standard InChI is InChI=1S/C16H24FNO2/c1-4-15(13-7-9-14(17)10-8-13)18(12(2)3)11-5-6-16(19)20/h7-10,12,15H,4-6,11H2,1-3H3,(H,19,20). The van der Waals surface area contributed by atoms with Crippen LogP contribution in [0.15, 0.2) is 24.3 Å². The van der Waals surface area contributed by atoms with Crippen molar-refractivity contribution < 1.29 is 14.3 Å². The number of benzene rings is 1. The van der Waals surface area contributed by atoms with Crippen LogP contribution in [0.2, 0.25) is 0 Å². The van der Waals surface area contributed by atoms with Crippen LogP contribution in [0.25, 0.3) is 0 Å². The van der Waals surface area contributed by atoms with E-state index in [2.05, 4.69) is 25.7 Å². The van der Waals surface area contributed by atoms with E-state index in [4.69, 9.17) is 5.11 Å². The van der Waals surface area contributed by atoms with Crippen molar-refractivity contribution in [2.45, 2.75) is 52.1 Å². The minimum absolute atomic E-state index is 0.184. The van der Waals surface area contributed by atoms with Crippen LogP contribution in [0, 0.1) is 5.82 Å². The van der Waals surface area contributed by atoms with E-state index in [-0.39, 0.29) is 18.3 Å². The first-order valence-electron chi connectivity index (χ1n) is 7.18. The number of rotatable bonds is 8. The lowest BCUT2D eigenvalue weighted by atomic mass is 10.0. The largest absolute Gasteiger partial charge is 0.481 e. The van der Waals surface area contributed by atoms with Crippen molar-refractivity contribution in [3.63, 3.8) is 0 Å². The van der Waals surface area contributed by atoms with E-state index in [9.17, 15) is 9.18 Å². The zero-order valence-electron chi connectivity index (χ0n) is 12.5. The molecule has 4 heteroatoms. The number of halogens is 1. The maximum atomic E-state index is 13.0. The highest BCUT2D eigenvalue weighted by atomic mass is 19.1. The molecule has 1 unspecified atom stereocenters. The molecule has 112 valence electrons. The molecule has 0 saturated carbocycles. The molecule has 0 saturated heterocycles. The third-order valence-electron chi connectivity index (χ3n) is 3.51. The fourth-order valence-electron chi connectivity index (χ4n) is 2.53. The summed E-state index contributed by atoms with van der Waals surface area (Å²) in [5.41, 5.74) is 1.08. The first-order chi connectivity index (χ1) is 9.45. The van der Waals surface area contributed by atoms with E-state index >= 15 is 0 Å². The molecule has 1 rings (SSSR count). The normalized spacial score (nSPS) is 12.9. The van der Waals surface area contributed by atoms with Crippen molar-refractivity contribution in [3.8, 4) is 0 Å². The number of hydrogen-bond acceptors (Lipinski definition) is 2. The Morgan fingerprint density at radius 1 is 1.30 bits per heavy atom. The Balaban J connectivity index is 2.80. The van der Waals surface area contributed by atoms with Gasteiger partial charge in [0.15, 0.2) is 0 Å². The summed E-state index contributed by atoms with van der Waals surface area (Å²) in [7, 11) is 0. The number of carboxylic acids is 1. The average molecular weight is 281 g/mol. The molecule has 0 aliphatic carbocycles.